The Morgan fingerprint density at radius 2 is 1.78 bits per heavy atom. The summed E-state index contributed by atoms with van der Waals surface area (Å²) in [6.45, 7) is 2.16. The topological polar surface area (TPSA) is 0 Å². The molecule has 1 atom stereocenters. The average Bonchev–Trinajstić information content (AvgIpc) is 2.38. The lowest BCUT2D eigenvalue weighted by molar-refractivity contribution is 1.11. The molecular weight excluding hydrogens is 375 g/mol. The molecule has 94 valence electrons. The molecule has 3 heteroatoms. The van der Waals surface area contributed by atoms with Crippen molar-refractivity contribution in [2.45, 2.75) is 18.2 Å². The van der Waals surface area contributed by atoms with Gasteiger partial charge >= 0.3 is 0 Å². The van der Waals surface area contributed by atoms with Crippen LogP contribution in [0.15, 0.2) is 46.9 Å². The quantitative estimate of drug-likeness (QED) is 0.553. The van der Waals surface area contributed by atoms with Crippen LogP contribution in [0.4, 0.5) is 0 Å². The fourth-order valence-electron chi connectivity index (χ4n) is 1.81. The molecule has 0 aromatic heterocycles. The van der Waals surface area contributed by atoms with E-state index in [4.69, 9.17) is 11.6 Å². The summed E-state index contributed by atoms with van der Waals surface area (Å²) in [4.78, 5) is 0.176. The third-order valence-electron chi connectivity index (χ3n) is 2.92. The van der Waals surface area contributed by atoms with E-state index in [9.17, 15) is 0 Å². The maximum atomic E-state index is 5.96. The van der Waals surface area contributed by atoms with Crippen LogP contribution in [0.3, 0.4) is 0 Å². The number of rotatable bonds is 3. The first kappa shape index (κ1) is 14.1. The molecule has 0 spiro atoms. The van der Waals surface area contributed by atoms with Gasteiger partial charge in [0.1, 0.15) is 0 Å². The van der Waals surface area contributed by atoms with E-state index in [-0.39, 0.29) is 4.83 Å². The van der Waals surface area contributed by atoms with E-state index < -0.39 is 0 Å². The van der Waals surface area contributed by atoms with Gasteiger partial charge in [0.2, 0.25) is 0 Å². The third-order valence-corrected chi connectivity index (χ3v) is 4.86. The second-order valence-electron chi connectivity index (χ2n) is 4.12. The van der Waals surface area contributed by atoms with Gasteiger partial charge in [-0.1, -0.05) is 80.7 Å². The number of aryl methyl sites for hydroxylation is 1. The van der Waals surface area contributed by atoms with E-state index in [1.54, 1.807) is 0 Å². The normalized spacial score (nSPS) is 12.4. The zero-order valence-corrected chi connectivity index (χ0v) is 13.9. The summed E-state index contributed by atoms with van der Waals surface area (Å²) in [6.07, 6.45) is 1.07. The van der Waals surface area contributed by atoms with Crippen molar-refractivity contribution in [1.82, 2.24) is 0 Å². The molecule has 2 aromatic rings. The monoisotopic (exact) mass is 386 g/mol. The molecule has 0 N–H and O–H groups in total. The van der Waals surface area contributed by atoms with Crippen molar-refractivity contribution in [3.63, 3.8) is 0 Å². The molecule has 0 aliphatic carbocycles. The van der Waals surface area contributed by atoms with Crippen molar-refractivity contribution in [2.24, 2.45) is 0 Å². The summed E-state index contributed by atoms with van der Waals surface area (Å²) < 4.78 is 1.02. The van der Waals surface area contributed by atoms with Crippen molar-refractivity contribution in [3.8, 4) is 0 Å². The second kappa shape index (κ2) is 6.23. The summed E-state index contributed by atoms with van der Waals surface area (Å²) >= 11 is 13.3. The molecule has 0 nitrogen and oxygen atoms in total. The molecule has 0 saturated carbocycles. The molecule has 2 aromatic carbocycles. The number of alkyl halides is 1. The standard InChI is InChI=1S/C15H13Br2Cl/c1-2-10-3-5-11(6-4-10)15(17)13-8-7-12(18)9-14(13)16/h3-9,15H,2H2,1H3. The van der Waals surface area contributed by atoms with E-state index in [1.165, 1.54) is 16.7 Å². The van der Waals surface area contributed by atoms with Crippen LogP contribution in [0.5, 0.6) is 0 Å². The lowest BCUT2D eigenvalue weighted by Gasteiger charge is -2.13. The zero-order valence-electron chi connectivity index (χ0n) is 9.96. The van der Waals surface area contributed by atoms with Gasteiger partial charge in [0.15, 0.2) is 0 Å². The minimum atomic E-state index is 0.176. The molecule has 0 bridgehead atoms. The first-order valence-corrected chi connectivity index (χ1v) is 7.88. The second-order valence-corrected chi connectivity index (χ2v) is 6.33. The van der Waals surface area contributed by atoms with Gasteiger partial charge in [0.25, 0.3) is 0 Å². The summed E-state index contributed by atoms with van der Waals surface area (Å²) in [6, 6.07) is 14.6. The maximum absolute atomic E-state index is 5.96. The Kier molecular flexibility index (Phi) is 4.88. The molecule has 0 amide bonds. The van der Waals surface area contributed by atoms with Crippen LogP contribution in [0.1, 0.15) is 28.4 Å². The lowest BCUT2D eigenvalue weighted by Crippen LogP contribution is -1.94. The van der Waals surface area contributed by atoms with Crippen LogP contribution in [0, 0.1) is 0 Å². The highest BCUT2D eigenvalue weighted by atomic mass is 79.9. The summed E-state index contributed by atoms with van der Waals surface area (Å²) in [7, 11) is 0. The van der Waals surface area contributed by atoms with Crippen molar-refractivity contribution in [1.29, 1.82) is 0 Å². The minimum absolute atomic E-state index is 0.176. The van der Waals surface area contributed by atoms with Crippen molar-refractivity contribution in [2.75, 3.05) is 0 Å². The van der Waals surface area contributed by atoms with Crippen LogP contribution in [0.25, 0.3) is 0 Å². The lowest BCUT2D eigenvalue weighted by atomic mass is 10.0. The van der Waals surface area contributed by atoms with Crippen LogP contribution in [0.2, 0.25) is 5.02 Å². The summed E-state index contributed by atoms with van der Waals surface area (Å²) in [5.74, 6) is 0. The fourth-order valence-corrected chi connectivity index (χ4v) is 3.73. The molecule has 18 heavy (non-hydrogen) atoms. The highest BCUT2D eigenvalue weighted by Crippen LogP contribution is 2.36. The van der Waals surface area contributed by atoms with Gasteiger partial charge in [-0.25, -0.2) is 0 Å². The van der Waals surface area contributed by atoms with Crippen LogP contribution in [-0.4, -0.2) is 0 Å². The van der Waals surface area contributed by atoms with Crippen molar-refractivity contribution in [3.05, 3.63) is 68.7 Å². The largest absolute Gasteiger partial charge is 0.0843 e. The number of halogens is 3. The average molecular weight is 389 g/mol. The molecule has 0 aliphatic rings. The highest BCUT2D eigenvalue weighted by molar-refractivity contribution is 9.11. The first-order valence-electron chi connectivity index (χ1n) is 5.79. The van der Waals surface area contributed by atoms with Gasteiger partial charge < -0.3 is 0 Å². The molecule has 0 heterocycles. The predicted molar refractivity (Wildman–Crippen MR) is 85.7 cm³/mol. The van der Waals surface area contributed by atoms with Crippen LogP contribution in [-0.2, 0) is 6.42 Å². The minimum Gasteiger partial charge on any atom is -0.0843 e. The Labute approximate surface area is 130 Å². The van der Waals surface area contributed by atoms with Gasteiger partial charge in [-0.2, -0.15) is 0 Å². The molecule has 0 saturated heterocycles. The molecule has 2 rings (SSSR count). The predicted octanol–water partition coefficient (Wildman–Crippen LogP) is 6.15. The van der Waals surface area contributed by atoms with Gasteiger partial charge in [-0.3, -0.25) is 0 Å². The molecule has 1 unspecified atom stereocenters. The van der Waals surface area contributed by atoms with Crippen LogP contribution < -0.4 is 0 Å². The molecule has 0 aliphatic heterocycles. The van der Waals surface area contributed by atoms with Crippen LogP contribution >= 0.6 is 43.5 Å². The van der Waals surface area contributed by atoms with Gasteiger partial charge in [-0.15, -0.1) is 0 Å². The van der Waals surface area contributed by atoms with Gasteiger partial charge in [0, 0.05) is 9.50 Å². The van der Waals surface area contributed by atoms with E-state index in [1.807, 2.05) is 18.2 Å². The summed E-state index contributed by atoms with van der Waals surface area (Å²) in [5.41, 5.74) is 3.78. The van der Waals surface area contributed by atoms with E-state index in [2.05, 4.69) is 63.0 Å². The summed E-state index contributed by atoms with van der Waals surface area (Å²) in [5, 5.41) is 0.742. The molecular formula is C15H13Br2Cl. The third kappa shape index (κ3) is 3.17. The van der Waals surface area contributed by atoms with E-state index in [0.717, 1.165) is 15.9 Å². The Hall–Kier alpha value is -0.310. The highest BCUT2D eigenvalue weighted by Gasteiger charge is 2.13. The van der Waals surface area contributed by atoms with Gasteiger partial charge in [-0.05, 0) is 35.2 Å². The van der Waals surface area contributed by atoms with Gasteiger partial charge in [0.05, 0.1) is 4.83 Å². The van der Waals surface area contributed by atoms with Crippen molar-refractivity contribution >= 4 is 43.5 Å². The molecule has 0 radical (unpaired) electrons. The fraction of sp³-hybridized carbons (Fsp3) is 0.200. The number of hydrogen-bond donors (Lipinski definition) is 0. The Balaban J connectivity index is 2.31. The SMILES string of the molecule is CCc1ccc(C(Br)c2ccc(Cl)cc2Br)cc1. The maximum Gasteiger partial charge on any atom is 0.0655 e. The Bertz CT molecular complexity index is 535. The number of benzene rings is 2. The van der Waals surface area contributed by atoms with Crippen molar-refractivity contribution < 1.29 is 0 Å². The Morgan fingerprint density at radius 1 is 1.11 bits per heavy atom. The van der Waals surface area contributed by atoms with E-state index >= 15 is 0 Å². The zero-order chi connectivity index (χ0) is 13.1. The first-order chi connectivity index (χ1) is 8.61. The molecule has 0 fully saturated rings. The van der Waals surface area contributed by atoms with E-state index in [0.29, 0.717) is 0 Å². The Morgan fingerprint density at radius 3 is 2.33 bits per heavy atom. The number of hydrogen-bond acceptors (Lipinski definition) is 0. The smallest absolute Gasteiger partial charge is 0.0655 e.